The minimum absolute atomic E-state index is 0.203. The van der Waals surface area contributed by atoms with Crippen LogP contribution >= 0.6 is 0 Å². The van der Waals surface area contributed by atoms with Crippen LogP contribution in [0.3, 0.4) is 0 Å². The second kappa shape index (κ2) is 6.75. The first-order valence-electron chi connectivity index (χ1n) is 6.49. The van der Waals surface area contributed by atoms with Gasteiger partial charge in [0.2, 0.25) is 17.7 Å². The number of methoxy groups -OCH3 is 2. The molecule has 5 nitrogen and oxygen atoms in total. The molecule has 0 aliphatic carbocycles. The van der Waals surface area contributed by atoms with E-state index in [1.54, 1.807) is 20.3 Å². The fourth-order valence-electron chi connectivity index (χ4n) is 1.92. The molecule has 0 amide bonds. The molecule has 1 heterocycles. The fourth-order valence-corrected chi connectivity index (χ4v) is 1.92. The highest BCUT2D eigenvalue weighted by Gasteiger charge is 2.09. The van der Waals surface area contributed by atoms with Crippen LogP contribution in [0.25, 0.3) is 0 Å². The van der Waals surface area contributed by atoms with Crippen LogP contribution in [0.4, 0.5) is 5.95 Å². The monoisotopic (exact) mass is 273 g/mol. The molecule has 0 fully saturated rings. The molecule has 0 spiro atoms. The number of anilines is 1. The number of nitrogens with zero attached hydrogens (tertiary/aromatic N) is 2. The fraction of sp³-hybridized carbons (Fsp3) is 0.333. The lowest BCUT2D eigenvalue weighted by atomic mass is 10.1. The smallest absolute Gasteiger partial charge is 0.229 e. The van der Waals surface area contributed by atoms with Crippen molar-refractivity contribution in [2.24, 2.45) is 0 Å². The van der Waals surface area contributed by atoms with Gasteiger partial charge in [-0.2, -0.15) is 9.97 Å². The van der Waals surface area contributed by atoms with Gasteiger partial charge in [-0.15, -0.1) is 0 Å². The van der Waals surface area contributed by atoms with E-state index in [9.17, 15) is 0 Å². The van der Waals surface area contributed by atoms with E-state index >= 15 is 0 Å². The standard InChI is InChI=1S/C15H19N3O2/c1-11(9-12-7-5-4-6-8-12)16-15-17-13(19-2)10-14(18-15)20-3/h4-8,10-11H,9H2,1-3H3,(H,16,17,18). The Morgan fingerprint density at radius 1 is 1.05 bits per heavy atom. The van der Waals surface area contributed by atoms with Crippen LogP contribution in [0.1, 0.15) is 12.5 Å². The van der Waals surface area contributed by atoms with Crippen molar-refractivity contribution in [3.63, 3.8) is 0 Å². The summed E-state index contributed by atoms with van der Waals surface area (Å²) >= 11 is 0. The van der Waals surface area contributed by atoms with Crippen molar-refractivity contribution in [1.29, 1.82) is 0 Å². The summed E-state index contributed by atoms with van der Waals surface area (Å²) in [4.78, 5) is 8.51. The van der Waals surface area contributed by atoms with E-state index in [1.807, 2.05) is 18.2 Å². The molecule has 2 rings (SSSR count). The van der Waals surface area contributed by atoms with E-state index in [0.29, 0.717) is 17.7 Å². The Bertz CT molecular complexity index is 524. The maximum absolute atomic E-state index is 5.13. The molecule has 0 aliphatic rings. The average molecular weight is 273 g/mol. The van der Waals surface area contributed by atoms with Gasteiger partial charge in [-0.1, -0.05) is 30.3 Å². The van der Waals surface area contributed by atoms with E-state index in [-0.39, 0.29) is 6.04 Å². The van der Waals surface area contributed by atoms with Gasteiger partial charge in [-0.05, 0) is 18.9 Å². The van der Waals surface area contributed by atoms with Crippen molar-refractivity contribution < 1.29 is 9.47 Å². The van der Waals surface area contributed by atoms with Gasteiger partial charge in [0.15, 0.2) is 0 Å². The number of hydrogen-bond acceptors (Lipinski definition) is 5. The third-order valence-corrected chi connectivity index (χ3v) is 2.86. The molecule has 2 aromatic rings. The number of nitrogens with one attached hydrogen (secondary N) is 1. The second-order valence-electron chi connectivity index (χ2n) is 4.51. The van der Waals surface area contributed by atoms with Crippen LogP contribution in [0.15, 0.2) is 36.4 Å². The van der Waals surface area contributed by atoms with E-state index in [0.717, 1.165) is 6.42 Å². The van der Waals surface area contributed by atoms with Crippen LogP contribution < -0.4 is 14.8 Å². The molecule has 1 aromatic heterocycles. The molecule has 0 bridgehead atoms. The highest BCUT2D eigenvalue weighted by molar-refractivity contribution is 5.35. The summed E-state index contributed by atoms with van der Waals surface area (Å²) in [5, 5.41) is 3.26. The molecule has 1 N–H and O–H groups in total. The van der Waals surface area contributed by atoms with Crippen molar-refractivity contribution in [1.82, 2.24) is 9.97 Å². The number of rotatable bonds is 6. The summed E-state index contributed by atoms with van der Waals surface area (Å²) < 4.78 is 10.3. The van der Waals surface area contributed by atoms with Gasteiger partial charge in [-0.3, -0.25) is 0 Å². The van der Waals surface area contributed by atoms with E-state index < -0.39 is 0 Å². The summed E-state index contributed by atoms with van der Waals surface area (Å²) in [6.07, 6.45) is 0.893. The molecule has 0 saturated heterocycles. The van der Waals surface area contributed by atoms with Crippen molar-refractivity contribution in [2.75, 3.05) is 19.5 Å². The van der Waals surface area contributed by atoms with Gasteiger partial charge in [0.05, 0.1) is 20.3 Å². The van der Waals surface area contributed by atoms with Gasteiger partial charge in [-0.25, -0.2) is 0 Å². The van der Waals surface area contributed by atoms with Gasteiger partial charge < -0.3 is 14.8 Å². The molecular formula is C15H19N3O2. The van der Waals surface area contributed by atoms with E-state index in [2.05, 4.69) is 34.3 Å². The van der Waals surface area contributed by atoms with Gasteiger partial charge >= 0.3 is 0 Å². The Morgan fingerprint density at radius 2 is 1.65 bits per heavy atom. The Balaban J connectivity index is 2.05. The van der Waals surface area contributed by atoms with Gasteiger partial charge in [0.25, 0.3) is 0 Å². The number of benzene rings is 1. The Hall–Kier alpha value is -2.30. The molecule has 0 aliphatic heterocycles. The first-order chi connectivity index (χ1) is 9.71. The maximum Gasteiger partial charge on any atom is 0.229 e. The summed E-state index contributed by atoms with van der Waals surface area (Å²) in [5.74, 6) is 1.46. The first-order valence-corrected chi connectivity index (χ1v) is 6.49. The molecule has 1 unspecified atom stereocenters. The highest BCUT2D eigenvalue weighted by atomic mass is 16.5. The SMILES string of the molecule is COc1cc(OC)nc(NC(C)Cc2ccccc2)n1. The third kappa shape index (κ3) is 3.85. The summed E-state index contributed by atoms with van der Waals surface area (Å²) in [6.45, 7) is 2.09. The van der Waals surface area contributed by atoms with Gasteiger partial charge in [0.1, 0.15) is 0 Å². The van der Waals surface area contributed by atoms with E-state index in [1.165, 1.54) is 5.56 Å². The minimum Gasteiger partial charge on any atom is -0.481 e. The van der Waals surface area contributed by atoms with Crippen molar-refractivity contribution >= 4 is 5.95 Å². The lowest BCUT2D eigenvalue weighted by Gasteiger charge is -2.15. The number of hydrogen-bond donors (Lipinski definition) is 1. The third-order valence-electron chi connectivity index (χ3n) is 2.86. The van der Waals surface area contributed by atoms with Crippen LogP contribution in [-0.2, 0) is 6.42 Å². The summed E-state index contributed by atoms with van der Waals surface area (Å²) in [5.41, 5.74) is 1.27. The van der Waals surface area contributed by atoms with Crippen molar-refractivity contribution in [3.8, 4) is 11.8 Å². The number of ether oxygens (including phenoxy) is 2. The zero-order valence-electron chi connectivity index (χ0n) is 12.0. The van der Waals surface area contributed by atoms with Crippen LogP contribution in [-0.4, -0.2) is 30.2 Å². The highest BCUT2D eigenvalue weighted by Crippen LogP contribution is 2.18. The molecule has 106 valence electrons. The van der Waals surface area contributed by atoms with Crippen molar-refractivity contribution in [3.05, 3.63) is 42.0 Å². The first kappa shape index (κ1) is 14.1. The molecular weight excluding hydrogens is 254 g/mol. The second-order valence-corrected chi connectivity index (χ2v) is 4.51. The molecule has 0 saturated carbocycles. The Kier molecular flexibility index (Phi) is 4.76. The predicted molar refractivity (Wildman–Crippen MR) is 78.4 cm³/mol. The molecule has 1 atom stereocenters. The average Bonchev–Trinajstić information content (AvgIpc) is 2.47. The van der Waals surface area contributed by atoms with Crippen LogP contribution in [0.2, 0.25) is 0 Å². The zero-order valence-corrected chi connectivity index (χ0v) is 12.0. The molecule has 20 heavy (non-hydrogen) atoms. The van der Waals surface area contributed by atoms with Gasteiger partial charge in [0, 0.05) is 6.04 Å². The quantitative estimate of drug-likeness (QED) is 0.876. The predicted octanol–water partition coefficient (Wildman–Crippen LogP) is 2.54. The van der Waals surface area contributed by atoms with Crippen LogP contribution in [0.5, 0.6) is 11.8 Å². The van der Waals surface area contributed by atoms with Crippen molar-refractivity contribution in [2.45, 2.75) is 19.4 Å². The van der Waals surface area contributed by atoms with Crippen LogP contribution in [0, 0.1) is 0 Å². The normalized spacial score (nSPS) is 11.8. The van der Waals surface area contributed by atoms with E-state index in [4.69, 9.17) is 9.47 Å². The zero-order chi connectivity index (χ0) is 14.4. The Morgan fingerprint density at radius 3 is 2.20 bits per heavy atom. The lowest BCUT2D eigenvalue weighted by molar-refractivity contribution is 0.372. The molecule has 5 heteroatoms. The lowest BCUT2D eigenvalue weighted by Crippen LogP contribution is -2.20. The summed E-state index contributed by atoms with van der Waals surface area (Å²) in [7, 11) is 3.14. The summed E-state index contributed by atoms with van der Waals surface area (Å²) in [6, 6.07) is 12.1. The molecule has 0 radical (unpaired) electrons. The largest absolute Gasteiger partial charge is 0.481 e. The maximum atomic E-state index is 5.13. The molecule has 1 aromatic carbocycles. The Labute approximate surface area is 119 Å². The number of aromatic nitrogens is 2. The minimum atomic E-state index is 0.203. The topological polar surface area (TPSA) is 56.3 Å².